The van der Waals surface area contributed by atoms with E-state index in [1.807, 2.05) is 43.3 Å². The number of rotatable bonds is 2. The number of hydrogen-bond acceptors (Lipinski definition) is 4. The van der Waals surface area contributed by atoms with Crippen molar-refractivity contribution >= 4 is 31.9 Å². The molecule has 0 N–H and O–H groups in total. The SMILES string of the molecule is Cc1cc(-c2ccc(Br)cc2)cc(-c2ccc(Br)cc2)[o+]1.[O-][Cl+3]([O-])([O-])[O-]. The molecule has 0 radical (unpaired) electrons. The summed E-state index contributed by atoms with van der Waals surface area (Å²) < 4.78 is 42.0. The second-order valence-electron chi connectivity index (χ2n) is 5.21. The van der Waals surface area contributed by atoms with Crippen molar-refractivity contribution in [3.05, 3.63) is 75.4 Å². The summed E-state index contributed by atoms with van der Waals surface area (Å²) in [6.07, 6.45) is 0. The van der Waals surface area contributed by atoms with Crippen LogP contribution in [0, 0.1) is 17.2 Å². The maximum Gasteiger partial charge on any atom is 0.360 e. The predicted octanol–water partition coefficient (Wildman–Crippen LogP) is 1.97. The van der Waals surface area contributed by atoms with Crippen molar-refractivity contribution in [3.8, 4) is 22.5 Å². The Hall–Kier alpha value is -1.32. The average Bonchev–Trinajstić information content (AvgIpc) is 2.54. The van der Waals surface area contributed by atoms with Gasteiger partial charge in [-0.15, -0.1) is 10.2 Å². The normalized spacial score (nSPS) is 10.9. The van der Waals surface area contributed by atoms with Gasteiger partial charge in [0.25, 0.3) is 0 Å². The smallest absolute Gasteiger partial charge is 0.222 e. The van der Waals surface area contributed by atoms with E-state index in [1.165, 1.54) is 5.56 Å². The highest BCUT2D eigenvalue weighted by Crippen LogP contribution is 2.29. The van der Waals surface area contributed by atoms with Gasteiger partial charge in [-0.1, -0.05) is 44.0 Å². The van der Waals surface area contributed by atoms with Crippen LogP contribution in [-0.2, 0) is 0 Å². The molecular weight excluding hydrogens is 491 g/mol. The van der Waals surface area contributed by atoms with E-state index in [4.69, 9.17) is 23.1 Å². The molecule has 0 spiro atoms. The van der Waals surface area contributed by atoms with Gasteiger partial charge in [0.15, 0.2) is 0 Å². The fourth-order valence-corrected chi connectivity index (χ4v) is 2.73. The third kappa shape index (κ3) is 7.13. The summed E-state index contributed by atoms with van der Waals surface area (Å²) in [5.41, 5.74) is 3.40. The minimum atomic E-state index is -4.94. The molecule has 0 amide bonds. The molecule has 3 rings (SSSR count). The van der Waals surface area contributed by atoms with Gasteiger partial charge in [0.2, 0.25) is 0 Å². The molecule has 0 atom stereocenters. The Morgan fingerprint density at radius 1 is 0.692 bits per heavy atom. The summed E-state index contributed by atoms with van der Waals surface area (Å²) in [5.74, 6) is 1.77. The monoisotopic (exact) mass is 502 g/mol. The lowest BCUT2D eigenvalue weighted by Gasteiger charge is -2.17. The van der Waals surface area contributed by atoms with E-state index in [2.05, 4.69) is 56.1 Å². The summed E-state index contributed by atoms with van der Waals surface area (Å²) in [6, 6.07) is 20.6. The molecule has 136 valence electrons. The summed E-state index contributed by atoms with van der Waals surface area (Å²) in [5, 5.41) is 0. The van der Waals surface area contributed by atoms with Crippen molar-refractivity contribution in [1.29, 1.82) is 0 Å². The zero-order chi connectivity index (χ0) is 19.3. The average molecular weight is 505 g/mol. The summed E-state index contributed by atoms with van der Waals surface area (Å²) in [4.78, 5) is 0. The summed E-state index contributed by atoms with van der Waals surface area (Å²) in [6.45, 7) is 1.98. The fraction of sp³-hybridized carbons (Fsp3) is 0.0556. The topological polar surface area (TPSA) is 104 Å². The molecule has 0 fully saturated rings. The number of hydrogen-bond donors (Lipinski definition) is 0. The molecule has 0 unspecified atom stereocenters. The number of halogens is 3. The first-order chi connectivity index (χ1) is 12.1. The molecule has 8 heteroatoms. The van der Waals surface area contributed by atoms with E-state index in [0.717, 1.165) is 31.6 Å². The van der Waals surface area contributed by atoms with Crippen molar-refractivity contribution < 1.29 is 33.3 Å². The highest BCUT2D eigenvalue weighted by Gasteiger charge is 2.16. The highest BCUT2D eigenvalue weighted by molar-refractivity contribution is 9.10. The zero-order valence-electron chi connectivity index (χ0n) is 13.4. The summed E-state index contributed by atoms with van der Waals surface area (Å²) >= 11 is 6.92. The molecular formula is C18H13Br2ClO5. The van der Waals surface area contributed by atoms with E-state index in [9.17, 15) is 0 Å². The van der Waals surface area contributed by atoms with Crippen LogP contribution in [0.3, 0.4) is 0 Å². The second kappa shape index (κ2) is 9.05. The second-order valence-corrected chi connectivity index (χ2v) is 7.80. The molecule has 26 heavy (non-hydrogen) atoms. The van der Waals surface area contributed by atoms with Crippen LogP contribution in [-0.4, -0.2) is 0 Å². The molecule has 0 saturated heterocycles. The Labute approximate surface area is 169 Å². The Morgan fingerprint density at radius 3 is 1.58 bits per heavy atom. The minimum absolute atomic E-state index is 0.875. The van der Waals surface area contributed by atoms with E-state index < -0.39 is 10.2 Å². The molecule has 1 aromatic heterocycles. The van der Waals surface area contributed by atoms with Crippen LogP contribution in [0.5, 0.6) is 0 Å². The third-order valence-corrected chi connectivity index (χ3v) is 4.28. The van der Waals surface area contributed by atoms with Gasteiger partial charge >= 0.3 is 11.5 Å². The molecule has 1 heterocycles. The Morgan fingerprint density at radius 2 is 1.12 bits per heavy atom. The van der Waals surface area contributed by atoms with Crippen molar-refractivity contribution in [2.45, 2.75) is 6.92 Å². The summed E-state index contributed by atoms with van der Waals surface area (Å²) in [7, 11) is -4.94. The quantitative estimate of drug-likeness (QED) is 0.497. The van der Waals surface area contributed by atoms with E-state index in [1.54, 1.807) is 0 Å². The lowest BCUT2D eigenvalue weighted by Crippen LogP contribution is -2.68. The lowest BCUT2D eigenvalue weighted by atomic mass is 10.0. The molecule has 0 bridgehead atoms. The largest absolute Gasteiger partial charge is 0.360 e. The number of aryl methyl sites for hydroxylation is 1. The Balaban J connectivity index is 0.000000431. The van der Waals surface area contributed by atoms with Gasteiger partial charge < -0.3 is 0 Å². The van der Waals surface area contributed by atoms with E-state index in [0.29, 0.717) is 0 Å². The van der Waals surface area contributed by atoms with Crippen molar-refractivity contribution in [3.63, 3.8) is 0 Å². The van der Waals surface area contributed by atoms with E-state index >= 15 is 0 Å². The van der Waals surface area contributed by atoms with Crippen molar-refractivity contribution in [2.24, 2.45) is 0 Å². The van der Waals surface area contributed by atoms with Crippen LogP contribution in [0.4, 0.5) is 0 Å². The van der Waals surface area contributed by atoms with Crippen molar-refractivity contribution in [2.75, 3.05) is 0 Å². The van der Waals surface area contributed by atoms with Gasteiger partial charge in [-0.25, -0.2) is 23.1 Å². The first kappa shape index (κ1) is 21.0. The molecule has 0 aliphatic heterocycles. The van der Waals surface area contributed by atoms with Gasteiger partial charge in [-0.05, 0) is 42.0 Å². The van der Waals surface area contributed by atoms with Gasteiger partial charge in [-0.3, -0.25) is 0 Å². The molecule has 0 saturated carbocycles. The van der Waals surface area contributed by atoms with Crippen LogP contribution in [0.1, 0.15) is 5.76 Å². The van der Waals surface area contributed by atoms with E-state index in [-0.39, 0.29) is 0 Å². The van der Waals surface area contributed by atoms with Gasteiger partial charge in [0.05, 0.1) is 18.6 Å². The van der Waals surface area contributed by atoms with Crippen molar-refractivity contribution in [1.82, 2.24) is 0 Å². The van der Waals surface area contributed by atoms with Crippen LogP contribution in [0.25, 0.3) is 22.5 Å². The van der Waals surface area contributed by atoms with Gasteiger partial charge in [0, 0.05) is 20.6 Å². The fourth-order valence-electron chi connectivity index (χ4n) is 2.20. The zero-order valence-corrected chi connectivity index (χ0v) is 17.4. The first-order valence-electron chi connectivity index (χ1n) is 7.20. The van der Waals surface area contributed by atoms with Crippen LogP contribution < -0.4 is 18.6 Å². The predicted molar refractivity (Wildman–Crippen MR) is 94.1 cm³/mol. The molecule has 5 nitrogen and oxygen atoms in total. The Bertz CT molecular complexity index is 792. The van der Waals surface area contributed by atoms with Crippen LogP contribution >= 0.6 is 31.9 Å². The van der Waals surface area contributed by atoms with Gasteiger partial charge in [-0.2, -0.15) is 0 Å². The number of benzene rings is 2. The third-order valence-electron chi connectivity index (χ3n) is 3.22. The molecule has 2 aromatic carbocycles. The minimum Gasteiger partial charge on any atom is -0.222 e. The standard InChI is InChI=1S/C18H13Br2O.ClHO4/c1-12-10-15(13-2-6-16(19)7-3-13)11-18(21-12)14-4-8-17(20)9-5-14;2-1(3,4)5/h2-11H,1H3;(H,2,3,4,5)/q+1;/p-1. The molecule has 0 aliphatic rings. The van der Waals surface area contributed by atoms with Crippen LogP contribution in [0.15, 0.2) is 74.0 Å². The molecule has 3 aromatic rings. The van der Waals surface area contributed by atoms with Crippen LogP contribution in [0.2, 0.25) is 0 Å². The molecule has 0 aliphatic carbocycles. The Kier molecular flexibility index (Phi) is 7.31. The maximum absolute atomic E-state index is 8.49. The first-order valence-corrected chi connectivity index (χ1v) is 10.0. The highest BCUT2D eigenvalue weighted by atomic mass is 79.9. The lowest BCUT2D eigenvalue weighted by molar-refractivity contribution is -2.00. The maximum atomic E-state index is 8.49. The van der Waals surface area contributed by atoms with Gasteiger partial charge in [0.1, 0.15) is 0 Å².